The first kappa shape index (κ1) is 14.4. The molecule has 2 N–H and O–H groups in total. The van der Waals surface area contributed by atoms with Gasteiger partial charge in [-0.25, -0.2) is 0 Å². The third kappa shape index (κ3) is 3.95. The summed E-state index contributed by atoms with van der Waals surface area (Å²) in [6.45, 7) is 10.1. The number of para-hydroxylation sites is 1. The molecule has 1 aliphatic heterocycles. The molecule has 1 heterocycles. The quantitative estimate of drug-likeness (QED) is 0.882. The number of rotatable bonds is 5. The molecule has 0 unspecified atom stereocenters. The van der Waals surface area contributed by atoms with Crippen molar-refractivity contribution < 1.29 is 0 Å². The molecule has 0 amide bonds. The molecule has 0 saturated carbocycles. The minimum atomic E-state index is 0.426. The van der Waals surface area contributed by atoms with Gasteiger partial charge in [0.2, 0.25) is 0 Å². The largest absolute Gasteiger partial charge is 0.370 e. The lowest BCUT2D eigenvalue weighted by Gasteiger charge is -2.33. The number of likely N-dealkylation sites (N-methyl/N-ethyl adjacent to an activating group) is 1. The smallest absolute Gasteiger partial charge is 0.0396 e. The van der Waals surface area contributed by atoms with Crippen LogP contribution in [0.2, 0.25) is 0 Å². The Morgan fingerprint density at radius 3 is 2.58 bits per heavy atom. The molecule has 0 aliphatic carbocycles. The highest BCUT2D eigenvalue weighted by molar-refractivity contribution is 5.52. The van der Waals surface area contributed by atoms with Gasteiger partial charge in [0.15, 0.2) is 0 Å². The maximum Gasteiger partial charge on any atom is 0.0396 e. The molecule has 1 aromatic carbocycles. The van der Waals surface area contributed by atoms with E-state index in [2.05, 4.69) is 47.9 Å². The number of nitrogens with zero attached hydrogens (tertiary/aromatic N) is 2. The van der Waals surface area contributed by atoms with Crippen molar-refractivity contribution >= 4 is 5.69 Å². The Morgan fingerprint density at radius 1 is 1.26 bits per heavy atom. The molecule has 106 valence electrons. The van der Waals surface area contributed by atoms with E-state index in [9.17, 15) is 0 Å². The van der Waals surface area contributed by atoms with Crippen molar-refractivity contribution in [3.05, 3.63) is 29.8 Å². The predicted molar refractivity (Wildman–Crippen MR) is 82.7 cm³/mol. The van der Waals surface area contributed by atoms with Gasteiger partial charge in [-0.2, -0.15) is 0 Å². The third-order valence-electron chi connectivity index (χ3n) is 4.16. The first-order chi connectivity index (χ1) is 9.20. The molecule has 0 aromatic heterocycles. The third-order valence-corrected chi connectivity index (χ3v) is 4.16. The fourth-order valence-electron chi connectivity index (χ4n) is 2.81. The number of hydrogen-bond acceptors (Lipinski definition) is 3. The molecule has 19 heavy (non-hydrogen) atoms. The number of nitrogens with two attached hydrogens (primary N) is 1. The second kappa shape index (κ2) is 6.92. The van der Waals surface area contributed by atoms with Crippen LogP contribution < -0.4 is 10.6 Å². The molecule has 2 rings (SSSR count). The van der Waals surface area contributed by atoms with E-state index in [0.29, 0.717) is 6.04 Å². The van der Waals surface area contributed by atoms with E-state index >= 15 is 0 Å². The van der Waals surface area contributed by atoms with Crippen LogP contribution in [0.5, 0.6) is 0 Å². The molecule has 0 atom stereocenters. The van der Waals surface area contributed by atoms with Crippen LogP contribution >= 0.6 is 0 Å². The van der Waals surface area contributed by atoms with Gasteiger partial charge in [0.1, 0.15) is 0 Å². The zero-order valence-electron chi connectivity index (χ0n) is 12.3. The minimum Gasteiger partial charge on any atom is -0.370 e. The zero-order valence-corrected chi connectivity index (χ0v) is 12.3. The monoisotopic (exact) mass is 261 g/mol. The molecule has 3 nitrogen and oxygen atoms in total. The fourth-order valence-corrected chi connectivity index (χ4v) is 2.81. The van der Waals surface area contributed by atoms with E-state index in [1.165, 1.54) is 11.3 Å². The molecular formula is C16H27N3. The van der Waals surface area contributed by atoms with Crippen molar-refractivity contribution in [2.45, 2.75) is 32.7 Å². The van der Waals surface area contributed by atoms with E-state index < -0.39 is 0 Å². The van der Waals surface area contributed by atoms with Gasteiger partial charge in [0.25, 0.3) is 0 Å². The highest BCUT2D eigenvalue weighted by Crippen LogP contribution is 2.19. The van der Waals surface area contributed by atoms with E-state index in [1.807, 2.05) is 0 Å². The molecule has 3 heteroatoms. The summed E-state index contributed by atoms with van der Waals surface area (Å²) in [5.74, 6) is 0. The van der Waals surface area contributed by atoms with Crippen molar-refractivity contribution in [1.29, 1.82) is 0 Å². The number of benzene rings is 1. The van der Waals surface area contributed by atoms with Gasteiger partial charge in [-0.15, -0.1) is 0 Å². The summed E-state index contributed by atoms with van der Waals surface area (Å²) < 4.78 is 0. The van der Waals surface area contributed by atoms with Gasteiger partial charge in [-0.05, 0) is 51.4 Å². The molecule has 0 bridgehead atoms. The van der Waals surface area contributed by atoms with Crippen LogP contribution in [-0.4, -0.2) is 43.7 Å². The van der Waals surface area contributed by atoms with Crippen LogP contribution in [0.1, 0.15) is 25.3 Å². The maximum absolute atomic E-state index is 5.95. The number of likely N-dealkylation sites (tertiary alicyclic amines) is 1. The number of aryl methyl sites for hydroxylation is 1. The topological polar surface area (TPSA) is 32.5 Å². The number of anilines is 1. The van der Waals surface area contributed by atoms with Crippen molar-refractivity contribution in [2.24, 2.45) is 5.73 Å². The van der Waals surface area contributed by atoms with Gasteiger partial charge in [0.05, 0.1) is 0 Å². The second-order valence-corrected chi connectivity index (χ2v) is 5.55. The lowest BCUT2D eigenvalue weighted by atomic mass is 10.1. The summed E-state index contributed by atoms with van der Waals surface area (Å²) in [6, 6.07) is 9.09. The predicted octanol–water partition coefficient (Wildman–Crippen LogP) is 2.24. The molecule has 0 spiro atoms. The highest BCUT2D eigenvalue weighted by atomic mass is 15.2. The second-order valence-electron chi connectivity index (χ2n) is 5.55. The Bertz CT molecular complexity index is 383. The van der Waals surface area contributed by atoms with Crippen LogP contribution in [0.25, 0.3) is 0 Å². The summed E-state index contributed by atoms with van der Waals surface area (Å²) in [5.41, 5.74) is 8.69. The zero-order chi connectivity index (χ0) is 13.7. The first-order valence-electron chi connectivity index (χ1n) is 7.49. The summed E-state index contributed by atoms with van der Waals surface area (Å²) >= 11 is 0. The van der Waals surface area contributed by atoms with Crippen LogP contribution in [0.15, 0.2) is 24.3 Å². The van der Waals surface area contributed by atoms with E-state index in [1.54, 1.807) is 0 Å². The van der Waals surface area contributed by atoms with Crippen molar-refractivity contribution in [3.63, 3.8) is 0 Å². The van der Waals surface area contributed by atoms with Gasteiger partial charge < -0.3 is 15.5 Å². The average molecular weight is 261 g/mol. The standard InChI is InChI=1S/C16H27N3/c1-3-19(16-7-5-4-6-14(16)2)13-12-18-10-8-15(17)9-11-18/h4-7,15H,3,8-13,17H2,1-2H3. The summed E-state index contributed by atoms with van der Waals surface area (Å²) in [6.07, 6.45) is 2.30. The lowest BCUT2D eigenvalue weighted by molar-refractivity contribution is 0.217. The van der Waals surface area contributed by atoms with Gasteiger partial charge in [0, 0.05) is 31.4 Å². The number of piperidine rings is 1. The van der Waals surface area contributed by atoms with Crippen molar-refractivity contribution in [2.75, 3.05) is 37.6 Å². The normalized spacial score (nSPS) is 17.6. The molecule has 1 fully saturated rings. The van der Waals surface area contributed by atoms with Gasteiger partial charge >= 0.3 is 0 Å². The van der Waals surface area contributed by atoms with Crippen molar-refractivity contribution in [3.8, 4) is 0 Å². The Balaban J connectivity index is 1.88. The van der Waals surface area contributed by atoms with E-state index in [4.69, 9.17) is 5.73 Å². The molecule has 1 saturated heterocycles. The first-order valence-corrected chi connectivity index (χ1v) is 7.49. The summed E-state index contributed by atoms with van der Waals surface area (Å²) in [4.78, 5) is 5.02. The van der Waals surface area contributed by atoms with Gasteiger partial charge in [-0.1, -0.05) is 18.2 Å². The Hall–Kier alpha value is -1.06. The van der Waals surface area contributed by atoms with Crippen LogP contribution in [0.4, 0.5) is 5.69 Å². The molecule has 1 aliphatic rings. The SMILES string of the molecule is CCN(CCN1CCC(N)CC1)c1ccccc1C. The fraction of sp³-hybridized carbons (Fsp3) is 0.625. The van der Waals surface area contributed by atoms with Gasteiger partial charge in [-0.3, -0.25) is 0 Å². The molecule has 1 aromatic rings. The van der Waals surface area contributed by atoms with Crippen LogP contribution in [0, 0.1) is 6.92 Å². The summed E-state index contributed by atoms with van der Waals surface area (Å²) in [5, 5.41) is 0. The van der Waals surface area contributed by atoms with Crippen LogP contribution in [0.3, 0.4) is 0 Å². The summed E-state index contributed by atoms with van der Waals surface area (Å²) in [7, 11) is 0. The Kier molecular flexibility index (Phi) is 5.23. The van der Waals surface area contributed by atoms with Crippen LogP contribution in [-0.2, 0) is 0 Å². The van der Waals surface area contributed by atoms with E-state index in [-0.39, 0.29) is 0 Å². The molecular weight excluding hydrogens is 234 g/mol. The van der Waals surface area contributed by atoms with Crippen molar-refractivity contribution in [1.82, 2.24) is 4.90 Å². The molecule has 0 radical (unpaired) electrons. The lowest BCUT2D eigenvalue weighted by Crippen LogP contribution is -2.43. The minimum absolute atomic E-state index is 0.426. The maximum atomic E-state index is 5.95. The Labute approximate surface area is 117 Å². The Morgan fingerprint density at radius 2 is 1.95 bits per heavy atom. The number of hydrogen-bond donors (Lipinski definition) is 1. The van der Waals surface area contributed by atoms with E-state index in [0.717, 1.165) is 45.6 Å². The highest BCUT2D eigenvalue weighted by Gasteiger charge is 2.16. The average Bonchev–Trinajstić information content (AvgIpc) is 2.43.